The summed E-state index contributed by atoms with van der Waals surface area (Å²) in [6.07, 6.45) is 14.9. The maximum Gasteiger partial charge on any atom is 0.143 e. The van der Waals surface area contributed by atoms with Gasteiger partial charge in [0, 0.05) is 0 Å². The fourth-order valence-electron chi connectivity index (χ4n) is 3.49. The molecule has 0 bridgehead atoms. The second-order valence-electron chi connectivity index (χ2n) is 7.38. The van der Waals surface area contributed by atoms with Gasteiger partial charge < -0.3 is 5.11 Å². The average Bonchev–Trinajstić information content (AvgIpc) is 3.22. The van der Waals surface area contributed by atoms with Crippen molar-refractivity contribution in [1.29, 1.82) is 0 Å². The number of azo groups is 1. The van der Waals surface area contributed by atoms with Crippen LogP contribution in [0.2, 0.25) is 0 Å². The lowest BCUT2D eigenvalue weighted by molar-refractivity contribution is 0.464. The number of benzene rings is 2. The van der Waals surface area contributed by atoms with Gasteiger partial charge in [-0.2, -0.15) is 5.11 Å². The van der Waals surface area contributed by atoms with E-state index in [-0.39, 0.29) is 5.75 Å². The first-order valence-electron chi connectivity index (χ1n) is 10.5. The molecule has 2 aromatic carbocycles. The third kappa shape index (κ3) is 8.85. The summed E-state index contributed by atoms with van der Waals surface area (Å²) in [5.74, 6) is 1.25. The Morgan fingerprint density at radius 1 is 0.815 bits per heavy atom. The van der Waals surface area contributed by atoms with Crippen molar-refractivity contribution in [1.82, 2.24) is 0 Å². The van der Waals surface area contributed by atoms with Crippen molar-refractivity contribution in [2.75, 3.05) is 0 Å². The fourth-order valence-corrected chi connectivity index (χ4v) is 3.49. The van der Waals surface area contributed by atoms with E-state index < -0.39 is 0 Å². The zero-order chi connectivity index (χ0) is 19.2. The highest BCUT2D eigenvalue weighted by Crippen LogP contribution is 2.29. The number of rotatable bonds is 8. The third-order valence-electron chi connectivity index (χ3n) is 5.10. The maximum atomic E-state index is 9.43. The number of hydrogen-bond acceptors (Lipinski definition) is 3. The van der Waals surface area contributed by atoms with Gasteiger partial charge in [-0.3, -0.25) is 0 Å². The molecule has 3 nitrogen and oxygen atoms in total. The van der Waals surface area contributed by atoms with E-state index in [1.807, 2.05) is 30.3 Å². The van der Waals surface area contributed by atoms with Crippen LogP contribution < -0.4 is 0 Å². The molecular weight excluding hydrogens is 332 g/mol. The van der Waals surface area contributed by atoms with Gasteiger partial charge in [-0.25, -0.2) is 0 Å². The predicted octanol–water partition coefficient (Wildman–Crippen LogP) is 8.34. The van der Waals surface area contributed by atoms with Gasteiger partial charge in [-0.05, 0) is 30.2 Å². The summed E-state index contributed by atoms with van der Waals surface area (Å²) in [4.78, 5) is 0. The molecule has 1 aliphatic rings. The Morgan fingerprint density at radius 3 is 2.19 bits per heavy atom. The molecule has 0 atom stereocenters. The molecule has 1 saturated carbocycles. The Labute approximate surface area is 164 Å². The van der Waals surface area contributed by atoms with Crippen molar-refractivity contribution in [3.8, 4) is 5.75 Å². The first kappa shape index (κ1) is 21.1. The predicted molar refractivity (Wildman–Crippen MR) is 114 cm³/mol. The molecule has 1 N–H and O–H groups in total. The highest BCUT2D eigenvalue weighted by atomic mass is 16.3. The van der Waals surface area contributed by atoms with Crippen LogP contribution in [0.5, 0.6) is 5.75 Å². The van der Waals surface area contributed by atoms with E-state index in [9.17, 15) is 5.11 Å². The highest BCUT2D eigenvalue weighted by molar-refractivity contribution is 5.50. The minimum absolute atomic E-state index is 0.136. The smallest absolute Gasteiger partial charge is 0.143 e. The quantitative estimate of drug-likeness (QED) is 0.370. The summed E-state index contributed by atoms with van der Waals surface area (Å²) in [5, 5.41) is 17.4. The van der Waals surface area contributed by atoms with Crippen molar-refractivity contribution in [2.45, 2.75) is 71.1 Å². The summed E-state index contributed by atoms with van der Waals surface area (Å²) in [5.41, 5.74) is 1.24. The highest BCUT2D eigenvalue weighted by Gasteiger charge is 2.13. The second-order valence-corrected chi connectivity index (χ2v) is 7.38. The van der Waals surface area contributed by atoms with Gasteiger partial charge in [0.25, 0.3) is 0 Å². The van der Waals surface area contributed by atoms with Gasteiger partial charge in [0.1, 0.15) is 11.4 Å². The zero-order valence-corrected chi connectivity index (χ0v) is 16.7. The molecule has 146 valence electrons. The Morgan fingerprint density at radius 2 is 1.48 bits per heavy atom. The molecule has 2 aromatic rings. The van der Waals surface area contributed by atoms with Crippen molar-refractivity contribution < 1.29 is 5.11 Å². The van der Waals surface area contributed by atoms with E-state index >= 15 is 0 Å². The van der Waals surface area contributed by atoms with Crippen molar-refractivity contribution in [2.24, 2.45) is 16.1 Å². The van der Waals surface area contributed by atoms with Crippen LogP contribution in [0.15, 0.2) is 64.8 Å². The Balaban J connectivity index is 0.000000199. The Hall–Kier alpha value is -2.16. The van der Waals surface area contributed by atoms with Crippen LogP contribution in [-0.4, -0.2) is 5.11 Å². The minimum Gasteiger partial charge on any atom is -0.506 e. The lowest BCUT2D eigenvalue weighted by atomic mass is 9.99. The van der Waals surface area contributed by atoms with Crippen LogP contribution in [0.25, 0.3) is 0 Å². The number of unbranched alkanes of at least 4 members (excludes halogenated alkanes) is 4. The average molecular weight is 367 g/mol. The summed E-state index contributed by atoms with van der Waals surface area (Å²) in [7, 11) is 0. The number of nitrogens with zero attached hydrogens (tertiary/aromatic N) is 2. The molecule has 27 heavy (non-hydrogen) atoms. The Bertz CT molecular complexity index is 648. The molecule has 1 fully saturated rings. The lowest BCUT2D eigenvalue weighted by Crippen LogP contribution is -1.92. The molecule has 0 amide bonds. The maximum absolute atomic E-state index is 9.43. The normalized spacial score (nSPS) is 14.3. The molecule has 0 radical (unpaired) electrons. The number of hydrogen-bond donors (Lipinski definition) is 1. The topological polar surface area (TPSA) is 45.0 Å². The molecule has 0 spiro atoms. The van der Waals surface area contributed by atoms with E-state index in [0.29, 0.717) is 5.69 Å². The summed E-state index contributed by atoms with van der Waals surface area (Å²) >= 11 is 0. The summed E-state index contributed by atoms with van der Waals surface area (Å²) in [6, 6.07) is 16.2. The van der Waals surface area contributed by atoms with Crippen LogP contribution in [-0.2, 0) is 0 Å². The number of phenols is 1. The lowest BCUT2D eigenvalue weighted by Gasteiger charge is -2.07. The van der Waals surface area contributed by atoms with Crippen LogP contribution in [0.4, 0.5) is 11.4 Å². The number of aromatic hydroxyl groups is 1. The zero-order valence-electron chi connectivity index (χ0n) is 16.7. The van der Waals surface area contributed by atoms with Gasteiger partial charge in [-0.1, -0.05) is 101 Å². The molecular formula is C24H34N2O. The standard InChI is InChI=1S/C12H10N2O.C12H24/c15-12-9-5-4-8-11(12)14-13-10-6-2-1-3-7-10;1-2-3-4-5-6-9-12-10-7-8-11-12/h1-9,15H;12H,2-11H2,1H3. The molecule has 1 aliphatic carbocycles. The molecule has 0 heterocycles. The van der Waals surface area contributed by atoms with E-state index in [1.165, 1.54) is 64.2 Å². The first-order valence-corrected chi connectivity index (χ1v) is 10.5. The van der Waals surface area contributed by atoms with E-state index in [1.54, 1.807) is 24.3 Å². The van der Waals surface area contributed by atoms with Crippen LogP contribution in [0, 0.1) is 5.92 Å². The minimum atomic E-state index is 0.136. The second kappa shape index (κ2) is 13.1. The van der Waals surface area contributed by atoms with E-state index in [2.05, 4.69) is 17.2 Å². The SMILES string of the molecule is CCCCCCCC1CCCC1.Oc1ccccc1N=Nc1ccccc1. The van der Waals surface area contributed by atoms with Crippen LogP contribution in [0.3, 0.4) is 0 Å². The molecule has 0 aliphatic heterocycles. The molecule has 0 saturated heterocycles. The third-order valence-corrected chi connectivity index (χ3v) is 5.10. The summed E-state index contributed by atoms with van der Waals surface area (Å²) < 4.78 is 0. The van der Waals surface area contributed by atoms with Gasteiger partial charge in [0.15, 0.2) is 0 Å². The molecule has 3 rings (SSSR count). The fraction of sp³-hybridized carbons (Fsp3) is 0.500. The van der Waals surface area contributed by atoms with Gasteiger partial charge in [0.2, 0.25) is 0 Å². The molecule has 0 aromatic heterocycles. The van der Waals surface area contributed by atoms with Gasteiger partial charge >= 0.3 is 0 Å². The first-order chi connectivity index (χ1) is 13.3. The Kier molecular flexibility index (Phi) is 10.2. The van der Waals surface area contributed by atoms with Crippen LogP contribution >= 0.6 is 0 Å². The van der Waals surface area contributed by atoms with Crippen LogP contribution in [0.1, 0.15) is 71.1 Å². The molecule has 3 heteroatoms. The summed E-state index contributed by atoms with van der Waals surface area (Å²) in [6.45, 7) is 2.29. The van der Waals surface area contributed by atoms with E-state index in [4.69, 9.17) is 0 Å². The molecule has 0 unspecified atom stereocenters. The van der Waals surface area contributed by atoms with Crippen molar-refractivity contribution >= 4 is 11.4 Å². The van der Waals surface area contributed by atoms with Gasteiger partial charge in [-0.15, -0.1) is 5.11 Å². The number of para-hydroxylation sites is 1. The largest absolute Gasteiger partial charge is 0.506 e. The monoisotopic (exact) mass is 366 g/mol. The van der Waals surface area contributed by atoms with Crippen molar-refractivity contribution in [3.63, 3.8) is 0 Å². The van der Waals surface area contributed by atoms with Gasteiger partial charge in [0.05, 0.1) is 5.69 Å². The van der Waals surface area contributed by atoms with Crippen molar-refractivity contribution in [3.05, 3.63) is 54.6 Å². The van der Waals surface area contributed by atoms with E-state index in [0.717, 1.165) is 11.6 Å². The number of phenolic OH excluding ortho intramolecular Hbond substituents is 1.